The summed E-state index contributed by atoms with van der Waals surface area (Å²) in [4.78, 5) is 12.0. The van der Waals surface area contributed by atoms with E-state index in [0.29, 0.717) is 16.8 Å². The number of benzene rings is 2. The van der Waals surface area contributed by atoms with E-state index in [4.69, 9.17) is 16.2 Å². The Morgan fingerprint density at radius 2 is 1.81 bits per heavy atom. The van der Waals surface area contributed by atoms with Gasteiger partial charge in [0.2, 0.25) is 0 Å². The Morgan fingerprint density at radius 3 is 2.37 bits per heavy atom. The number of esters is 1. The van der Waals surface area contributed by atoms with Gasteiger partial charge in [-0.1, -0.05) is 42.3 Å². The Labute approximate surface area is 159 Å². The zero-order valence-electron chi connectivity index (χ0n) is 14.5. The molecule has 2 unspecified atom stereocenters. The van der Waals surface area contributed by atoms with Crippen LogP contribution in [0.4, 0.5) is 18.9 Å². The molecule has 0 saturated heterocycles. The van der Waals surface area contributed by atoms with Gasteiger partial charge in [0.25, 0.3) is 0 Å². The molecule has 5 nitrogen and oxygen atoms in total. The number of carbonyl (C=O) groups excluding carboxylic acids is 1. The third-order valence-electron chi connectivity index (χ3n) is 3.85. The summed E-state index contributed by atoms with van der Waals surface area (Å²) in [5, 5.41) is -0.536. The van der Waals surface area contributed by atoms with Crippen molar-refractivity contribution in [1.82, 2.24) is 4.72 Å². The van der Waals surface area contributed by atoms with E-state index < -0.39 is 29.1 Å². The van der Waals surface area contributed by atoms with Crippen molar-refractivity contribution in [2.75, 3.05) is 12.8 Å². The minimum atomic E-state index is -4.41. The normalized spacial score (nSPS) is 13.8. The van der Waals surface area contributed by atoms with Crippen molar-refractivity contribution in [2.45, 2.75) is 24.0 Å². The molecule has 0 aromatic heterocycles. The van der Waals surface area contributed by atoms with Gasteiger partial charge in [0, 0.05) is 11.3 Å². The maximum Gasteiger partial charge on any atom is 0.416 e. The third-order valence-corrected chi connectivity index (χ3v) is 4.78. The summed E-state index contributed by atoms with van der Waals surface area (Å²) >= 11 is 1.09. The van der Waals surface area contributed by atoms with Crippen LogP contribution < -0.4 is 16.2 Å². The first-order valence-corrected chi connectivity index (χ1v) is 8.85. The monoisotopic (exact) mass is 399 g/mol. The predicted molar refractivity (Wildman–Crippen MR) is 99.5 cm³/mol. The molecule has 0 heterocycles. The summed E-state index contributed by atoms with van der Waals surface area (Å²) in [5.41, 5.74) is 13.0. The standard InChI is InChI=1S/C18H20F3N3O2S/c1-26-17(25)15(10-11-6-8-12(9-7-11)18(19,20)21)24-27-16(23)13-4-2-3-5-14(13)22/h2-9,15-16,24H,10,22-23H2,1H3. The highest BCUT2D eigenvalue weighted by molar-refractivity contribution is 7.97. The highest BCUT2D eigenvalue weighted by atomic mass is 32.2. The van der Waals surface area contributed by atoms with Crippen LogP contribution >= 0.6 is 11.9 Å². The van der Waals surface area contributed by atoms with E-state index in [-0.39, 0.29) is 6.42 Å². The van der Waals surface area contributed by atoms with Crippen molar-refractivity contribution in [2.24, 2.45) is 5.73 Å². The van der Waals surface area contributed by atoms with Gasteiger partial charge in [-0.3, -0.25) is 4.79 Å². The number of halogens is 3. The Balaban J connectivity index is 2.05. The lowest BCUT2D eigenvalue weighted by Gasteiger charge is -2.20. The fraction of sp³-hybridized carbons (Fsp3) is 0.278. The minimum absolute atomic E-state index is 0.148. The van der Waals surface area contributed by atoms with E-state index in [1.54, 1.807) is 24.3 Å². The first-order chi connectivity index (χ1) is 12.7. The number of methoxy groups -OCH3 is 1. The number of rotatable bonds is 7. The van der Waals surface area contributed by atoms with Crippen molar-refractivity contribution in [3.63, 3.8) is 0 Å². The lowest BCUT2D eigenvalue weighted by Crippen LogP contribution is -2.36. The fourth-order valence-electron chi connectivity index (χ4n) is 2.37. The second kappa shape index (κ2) is 9.12. The van der Waals surface area contributed by atoms with Crippen LogP contribution in [-0.4, -0.2) is 19.1 Å². The summed E-state index contributed by atoms with van der Waals surface area (Å²) in [6.07, 6.45) is -4.26. The molecular formula is C18H20F3N3O2S. The Bertz CT molecular complexity index is 769. The number of anilines is 1. The molecule has 0 saturated carbocycles. The molecule has 0 fully saturated rings. The van der Waals surface area contributed by atoms with Crippen LogP contribution in [0.2, 0.25) is 0 Å². The molecule has 2 aromatic carbocycles. The second-order valence-electron chi connectivity index (χ2n) is 5.76. The van der Waals surface area contributed by atoms with Gasteiger partial charge in [0.1, 0.15) is 6.04 Å². The highest BCUT2D eigenvalue weighted by Gasteiger charge is 2.30. The molecule has 5 N–H and O–H groups in total. The van der Waals surface area contributed by atoms with Crippen LogP contribution in [0, 0.1) is 0 Å². The molecule has 0 bridgehead atoms. The SMILES string of the molecule is COC(=O)C(Cc1ccc(C(F)(F)F)cc1)NSC(N)c1ccccc1N. The number of alkyl halides is 3. The number of nitrogens with one attached hydrogen (secondary N) is 1. The Kier molecular flexibility index (Phi) is 7.11. The van der Waals surface area contributed by atoms with Crippen LogP contribution in [0.1, 0.15) is 22.1 Å². The van der Waals surface area contributed by atoms with Gasteiger partial charge in [-0.05, 0) is 30.2 Å². The van der Waals surface area contributed by atoms with Crippen LogP contribution in [-0.2, 0) is 22.1 Å². The maximum absolute atomic E-state index is 12.7. The topological polar surface area (TPSA) is 90.4 Å². The van der Waals surface area contributed by atoms with Crippen molar-refractivity contribution in [3.8, 4) is 0 Å². The largest absolute Gasteiger partial charge is 0.468 e. The molecule has 0 amide bonds. The zero-order valence-corrected chi connectivity index (χ0v) is 15.3. The number of ether oxygens (including phenoxy) is 1. The quantitative estimate of drug-likeness (QED) is 0.287. The molecule has 9 heteroatoms. The van der Waals surface area contributed by atoms with Gasteiger partial charge in [-0.2, -0.15) is 13.2 Å². The molecule has 2 rings (SSSR count). The zero-order chi connectivity index (χ0) is 20.0. The van der Waals surface area contributed by atoms with Crippen molar-refractivity contribution in [3.05, 3.63) is 65.2 Å². The first kappa shape index (κ1) is 21.1. The molecule has 0 spiro atoms. The lowest BCUT2D eigenvalue weighted by atomic mass is 10.0. The summed E-state index contributed by atoms with van der Waals surface area (Å²) in [5.74, 6) is -0.546. The minimum Gasteiger partial charge on any atom is -0.468 e. The van der Waals surface area contributed by atoms with Crippen LogP contribution in [0.5, 0.6) is 0 Å². The number of hydrogen-bond acceptors (Lipinski definition) is 6. The van der Waals surface area contributed by atoms with Crippen molar-refractivity contribution < 1.29 is 22.7 Å². The number of nitrogens with two attached hydrogens (primary N) is 2. The van der Waals surface area contributed by atoms with Crippen molar-refractivity contribution in [1.29, 1.82) is 0 Å². The van der Waals surface area contributed by atoms with Crippen LogP contribution in [0.15, 0.2) is 48.5 Å². The summed E-state index contributed by atoms with van der Waals surface area (Å²) in [6.45, 7) is 0. The van der Waals surface area contributed by atoms with Gasteiger partial charge >= 0.3 is 12.1 Å². The molecule has 0 aliphatic heterocycles. The van der Waals surface area contributed by atoms with Gasteiger partial charge in [0.05, 0.1) is 18.0 Å². The average Bonchev–Trinajstić information content (AvgIpc) is 2.64. The maximum atomic E-state index is 12.7. The Morgan fingerprint density at radius 1 is 1.19 bits per heavy atom. The lowest BCUT2D eigenvalue weighted by molar-refractivity contribution is -0.142. The van der Waals surface area contributed by atoms with E-state index in [1.165, 1.54) is 19.2 Å². The molecule has 27 heavy (non-hydrogen) atoms. The molecule has 2 atom stereocenters. The highest BCUT2D eigenvalue weighted by Crippen LogP contribution is 2.30. The Hall–Kier alpha value is -2.23. The molecule has 0 radical (unpaired) electrons. The number of hydrogen-bond donors (Lipinski definition) is 3. The van der Waals surface area contributed by atoms with Gasteiger partial charge in [-0.25, -0.2) is 4.72 Å². The number of para-hydroxylation sites is 1. The van der Waals surface area contributed by atoms with Gasteiger partial charge in [0.15, 0.2) is 0 Å². The summed E-state index contributed by atoms with van der Waals surface area (Å²) < 4.78 is 45.7. The fourth-order valence-corrected chi connectivity index (χ4v) is 3.20. The molecule has 146 valence electrons. The van der Waals surface area contributed by atoms with E-state index >= 15 is 0 Å². The smallest absolute Gasteiger partial charge is 0.416 e. The number of carbonyl (C=O) groups is 1. The number of nitrogen functional groups attached to an aromatic ring is 1. The summed E-state index contributed by atoms with van der Waals surface area (Å²) in [7, 11) is 1.24. The third kappa shape index (κ3) is 5.88. The van der Waals surface area contributed by atoms with Gasteiger partial charge < -0.3 is 16.2 Å². The molecular weight excluding hydrogens is 379 g/mol. The second-order valence-corrected chi connectivity index (χ2v) is 6.74. The molecule has 0 aliphatic carbocycles. The molecule has 0 aliphatic rings. The molecule has 2 aromatic rings. The van der Waals surface area contributed by atoms with Crippen molar-refractivity contribution >= 4 is 23.6 Å². The van der Waals surface area contributed by atoms with Gasteiger partial charge in [-0.15, -0.1) is 0 Å². The van der Waals surface area contributed by atoms with E-state index in [2.05, 4.69) is 4.72 Å². The first-order valence-electron chi connectivity index (χ1n) is 7.97. The van der Waals surface area contributed by atoms with Crippen LogP contribution in [0.25, 0.3) is 0 Å². The van der Waals surface area contributed by atoms with Crippen LogP contribution in [0.3, 0.4) is 0 Å². The van der Waals surface area contributed by atoms with E-state index in [1.807, 2.05) is 0 Å². The summed E-state index contributed by atoms with van der Waals surface area (Å²) in [6, 6.07) is 10.9. The van der Waals surface area contributed by atoms with E-state index in [9.17, 15) is 18.0 Å². The predicted octanol–water partition coefficient (Wildman–Crippen LogP) is 3.27. The van der Waals surface area contributed by atoms with E-state index in [0.717, 1.165) is 24.1 Å². The average molecular weight is 399 g/mol.